The Bertz CT molecular complexity index is 893. The predicted molar refractivity (Wildman–Crippen MR) is 122 cm³/mol. The average molecular weight is 403 g/mol. The molecule has 1 unspecified atom stereocenters. The van der Waals surface area contributed by atoms with Crippen LogP contribution in [0, 0.1) is 0 Å². The Morgan fingerprint density at radius 1 is 0.733 bits per heavy atom. The molecule has 3 aromatic rings. The lowest BCUT2D eigenvalue weighted by molar-refractivity contribution is 0.0447. The van der Waals surface area contributed by atoms with Crippen LogP contribution in [0.15, 0.2) is 84.9 Å². The molecule has 1 aliphatic heterocycles. The van der Waals surface area contributed by atoms with Crippen molar-refractivity contribution in [2.75, 3.05) is 39.3 Å². The van der Waals surface area contributed by atoms with Gasteiger partial charge in [0, 0.05) is 44.8 Å². The van der Waals surface area contributed by atoms with Crippen LogP contribution in [0.3, 0.4) is 0 Å². The lowest BCUT2D eigenvalue weighted by Gasteiger charge is -2.35. The van der Waals surface area contributed by atoms with Gasteiger partial charge in [-0.1, -0.05) is 78.9 Å². The number of rotatable bonds is 8. The first-order valence-electron chi connectivity index (χ1n) is 10.7. The summed E-state index contributed by atoms with van der Waals surface area (Å²) in [7, 11) is 0. The summed E-state index contributed by atoms with van der Waals surface area (Å²) in [5.74, 6) is 0.815. The molecule has 1 saturated heterocycles. The molecule has 0 saturated carbocycles. The summed E-state index contributed by atoms with van der Waals surface area (Å²) in [5, 5.41) is 10.5. The monoisotopic (exact) mass is 402 g/mol. The van der Waals surface area contributed by atoms with Gasteiger partial charge in [-0.05, 0) is 17.2 Å². The molecule has 1 heterocycles. The average Bonchev–Trinajstić information content (AvgIpc) is 2.80. The van der Waals surface area contributed by atoms with E-state index in [0.717, 1.165) is 49.6 Å². The molecule has 3 aromatic carbocycles. The summed E-state index contributed by atoms with van der Waals surface area (Å²) in [4.78, 5) is 4.81. The number of piperazine rings is 1. The molecule has 0 aromatic heterocycles. The van der Waals surface area contributed by atoms with E-state index < -0.39 is 6.10 Å². The third-order valence-electron chi connectivity index (χ3n) is 5.59. The number of benzene rings is 3. The molecule has 0 aliphatic carbocycles. The molecular weight excluding hydrogens is 372 g/mol. The SMILES string of the molecule is OC(COc1ccccc1-c1ccccc1)CN1CCN(Cc2ccccc2)CC1. The van der Waals surface area contributed by atoms with Crippen molar-refractivity contribution in [1.29, 1.82) is 0 Å². The summed E-state index contributed by atoms with van der Waals surface area (Å²) >= 11 is 0. The number of nitrogens with zero attached hydrogens (tertiary/aromatic N) is 2. The molecule has 1 aliphatic rings. The largest absolute Gasteiger partial charge is 0.490 e. The minimum atomic E-state index is -0.505. The Balaban J connectivity index is 1.24. The van der Waals surface area contributed by atoms with E-state index in [9.17, 15) is 5.11 Å². The number of hydrogen-bond acceptors (Lipinski definition) is 4. The van der Waals surface area contributed by atoms with Gasteiger partial charge >= 0.3 is 0 Å². The summed E-state index contributed by atoms with van der Waals surface area (Å²) in [5.41, 5.74) is 3.54. The zero-order valence-electron chi connectivity index (χ0n) is 17.4. The number of aliphatic hydroxyl groups excluding tert-OH is 1. The van der Waals surface area contributed by atoms with Crippen molar-refractivity contribution in [2.45, 2.75) is 12.6 Å². The molecule has 156 valence electrons. The van der Waals surface area contributed by atoms with E-state index in [2.05, 4.69) is 58.3 Å². The van der Waals surface area contributed by atoms with Gasteiger partial charge in [0.1, 0.15) is 18.5 Å². The number of ether oxygens (including phenoxy) is 1. The molecule has 0 amide bonds. The van der Waals surface area contributed by atoms with E-state index >= 15 is 0 Å². The first-order chi connectivity index (χ1) is 14.8. The van der Waals surface area contributed by atoms with Crippen LogP contribution < -0.4 is 4.74 Å². The Hall–Kier alpha value is -2.66. The topological polar surface area (TPSA) is 35.9 Å². The van der Waals surface area contributed by atoms with Crippen molar-refractivity contribution in [1.82, 2.24) is 9.80 Å². The second-order valence-electron chi connectivity index (χ2n) is 7.89. The molecule has 1 N–H and O–H groups in total. The summed E-state index contributed by atoms with van der Waals surface area (Å²) in [6.45, 7) is 5.95. The molecule has 0 spiro atoms. The molecular formula is C26H30N2O2. The molecule has 1 fully saturated rings. The van der Waals surface area contributed by atoms with Crippen molar-refractivity contribution in [3.63, 3.8) is 0 Å². The smallest absolute Gasteiger partial charge is 0.127 e. The molecule has 1 atom stereocenters. The van der Waals surface area contributed by atoms with Gasteiger partial charge in [0.2, 0.25) is 0 Å². The minimum Gasteiger partial charge on any atom is -0.490 e. The van der Waals surface area contributed by atoms with Gasteiger partial charge in [0.05, 0.1) is 0 Å². The number of hydrogen-bond donors (Lipinski definition) is 1. The van der Waals surface area contributed by atoms with E-state index in [1.54, 1.807) is 0 Å². The molecule has 4 nitrogen and oxygen atoms in total. The first kappa shape index (κ1) is 20.6. The van der Waals surface area contributed by atoms with Gasteiger partial charge in [-0.3, -0.25) is 9.80 Å². The number of aliphatic hydroxyl groups is 1. The fourth-order valence-corrected chi connectivity index (χ4v) is 3.96. The van der Waals surface area contributed by atoms with Crippen molar-refractivity contribution in [3.05, 3.63) is 90.5 Å². The van der Waals surface area contributed by atoms with Crippen molar-refractivity contribution in [3.8, 4) is 16.9 Å². The fraction of sp³-hybridized carbons (Fsp3) is 0.308. The first-order valence-corrected chi connectivity index (χ1v) is 10.7. The van der Waals surface area contributed by atoms with Gasteiger partial charge in [-0.15, -0.1) is 0 Å². The number of β-amino-alcohol motifs (C(OH)–C–C–N with tert-alkyl or cyclic N) is 1. The second kappa shape index (κ2) is 10.4. The van der Waals surface area contributed by atoms with Crippen LogP contribution in [0.2, 0.25) is 0 Å². The van der Waals surface area contributed by atoms with Crippen LogP contribution in [0.1, 0.15) is 5.56 Å². The van der Waals surface area contributed by atoms with E-state index in [4.69, 9.17) is 4.74 Å². The van der Waals surface area contributed by atoms with Crippen molar-refractivity contribution < 1.29 is 9.84 Å². The zero-order valence-corrected chi connectivity index (χ0v) is 17.4. The Kier molecular flexibility index (Phi) is 7.14. The second-order valence-corrected chi connectivity index (χ2v) is 7.89. The highest BCUT2D eigenvalue weighted by molar-refractivity contribution is 5.70. The lowest BCUT2D eigenvalue weighted by atomic mass is 10.1. The van der Waals surface area contributed by atoms with Crippen LogP contribution in [-0.4, -0.2) is 60.3 Å². The van der Waals surface area contributed by atoms with Crippen LogP contribution >= 0.6 is 0 Å². The summed E-state index contributed by atoms with van der Waals surface area (Å²) in [6, 6.07) is 28.8. The quantitative estimate of drug-likeness (QED) is 0.620. The maximum Gasteiger partial charge on any atom is 0.127 e. The molecule has 0 radical (unpaired) electrons. The maximum atomic E-state index is 10.5. The van der Waals surface area contributed by atoms with Crippen LogP contribution in [-0.2, 0) is 6.54 Å². The van der Waals surface area contributed by atoms with Gasteiger partial charge in [0.25, 0.3) is 0 Å². The molecule has 4 rings (SSSR count). The van der Waals surface area contributed by atoms with E-state index in [0.29, 0.717) is 13.2 Å². The third kappa shape index (κ3) is 5.70. The van der Waals surface area contributed by atoms with Gasteiger partial charge in [-0.2, -0.15) is 0 Å². The van der Waals surface area contributed by atoms with Crippen LogP contribution in [0.4, 0.5) is 0 Å². The predicted octanol–water partition coefficient (Wildman–Crippen LogP) is 3.91. The highest BCUT2D eigenvalue weighted by Gasteiger charge is 2.20. The molecule has 30 heavy (non-hydrogen) atoms. The van der Waals surface area contributed by atoms with E-state index in [-0.39, 0.29) is 0 Å². The normalized spacial score (nSPS) is 16.3. The zero-order chi connectivity index (χ0) is 20.6. The minimum absolute atomic E-state index is 0.300. The maximum absolute atomic E-state index is 10.5. The van der Waals surface area contributed by atoms with Gasteiger partial charge in [-0.25, -0.2) is 0 Å². The van der Waals surface area contributed by atoms with Gasteiger partial charge < -0.3 is 9.84 Å². The fourth-order valence-electron chi connectivity index (χ4n) is 3.96. The summed E-state index contributed by atoms with van der Waals surface area (Å²) in [6.07, 6.45) is -0.505. The van der Waals surface area contributed by atoms with E-state index in [1.165, 1.54) is 5.56 Å². The Morgan fingerprint density at radius 2 is 1.33 bits per heavy atom. The third-order valence-corrected chi connectivity index (χ3v) is 5.59. The Labute approximate surface area is 179 Å². The Morgan fingerprint density at radius 3 is 2.07 bits per heavy atom. The molecule has 0 bridgehead atoms. The lowest BCUT2D eigenvalue weighted by Crippen LogP contribution is -2.48. The number of para-hydroxylation sites is 1. The highest BCUT2D eigenvalue weighted by atomic mass is 16.5. The van der Waals surface area contributed by atoms with Crippen LogP contribution in [0.25, 0.3) is 11.1 Å². The molecule has 4 heteroatoms. The van der Waals surface area contributed by atoms with E-state index in [1.807, 2.05) is 36.4 Å². The summed E-state index contributed by atoms with van der Waals surface area (Å²) < 4.78 is 6.01. The van der Waals surface area contributed by atoms with Gasteiger partial charge in [0.15, 0.2) is 0 Å². The standard InChI is InChI=1S/C26H30N2O2/c29-24(20-28-17-15-27(16-18-28)19-22-9-3-1-4-10-22)21-30-26-14-8-7-13-25(26)23-11-5-2-6-12-23/h1-14,24,29H,15-21H2. The van der Waals surface area contributed by atoms with Crippen molar-refractivity contribution in [2.24, 2.45) is 0 Å². The van der Waals surface area contributed by atoms with Crippen LogP contribution in [0.5, 0.6) is 5.75 Å². The van der Waals surface area contributed by atoms with Crippen molar-refractivity contribution >= 4 is 0 Å². The highest BCUT2D eigenvalue weighted by Crippen LogP contribution is 2.29.